The highest BCUT2D eigenvalue weighted by molar-refractivity contribution is 5.98. The summed E-state index contributed by atoms with van der Waals surface area (Å²) in [5.41, 5.74) is -0.0141. The largest absolute Gasteiger partial charge is 0.353 e. The number of hydrogen-bond acceptors (Lipinski definition) is 3. The molecule has 0 aromatic heterocycles. The van der Waals surface area contributed by atoms with Gasteiger partial charge in [0, 0.05) is 11.6 Å². The van der Waals surface area contributed by atoms with E-state index in [1.54, 1.807) is 17.0 Å². The van der Waals surface area contributed by atoms with Crippen molar-refractivity contribution in [1.29, 1.82) is 0 Å². The summed E-state index contributed by atoms with van der Waals surface area (Å²) in [6, 6.07) is 8.66. The summed E-state index contributed by atoms with van der Waals surface area (Å²) < 4.78 is 6.10. The van der Waals surface area contributed by atoms with Gasteiger partial charge in [-0.05, 0) is 51.7 Å². The van der Waals surface area contributed by atoms with Crippen molar-refractivity contribution >= 4 is 11.8 Å². The number of carbonyl (C=O) groups excluding carboxylic acids is 2. The Bertz CT molecular complexity index is 594. The smallest absolute Gasteiger partial charge is 0.256 e. The first-order chi connectivity index (χ1) is 11.5. The fourth-order valence-electron chi connectivity index (χ4n) is 3.77. The van der Waals surface area contributed by atoms with E-state index in [1.165, 1.54) is 0 Å². The molecule has 3 rings (SSSR count). The van der Waals surface area contributed by atoms with Gasteiger partial charge in [-0.25, -0.2) is 0 Å². The van der Waals surface area contributed by atoms with Gasteiger partial charge >= 0.3 is 0 Å². The molecule has 0 bridgehead atoms. The lowest BCUT2D eigenvalue weighted by atomic mass is 9.89. The molecule has 2 fully saturated rings. The SMILES string of the molecule is CC(C)NC(=O)C1COC2(CCCCC2)N1C(=O)c1ccccc1. The summed E-state index contributed by atoms with van der Waals surface area (Å²) >= 11 is 0. The predicted molar refractivity (Wildman–Crippen MR) is 91.4 cm³/mol. The van der Waals surface area contributed by atoms with Crippen molar-refractivity contribution < 1.29 is 14.3 Å². The van der Waals surface area contributed by atoms with Crippen LogP contribution in [0.5, 0.6) is 0 Å². The molecular weight excluding hydrogens is 304 g/mol. The second-order valence-corrected chi connectivity index (χ2v) is 7.04. The Morgan fingerprint density at radius 2 is 1.83 bits per heavy atom. The first kappa shape index (κ1) is 17.0. The molecular formula is C19H26N2O3. The molecule has 1 saturated carbocycles. The van der Waals surface area contributed by atoms with E-state index < -0.39 is 11.8 Å². The van der Waals surface area contributed by atoms with E-state index in [0.29, 0.717) is 5.56 Å². The van der Waals surface area contributed by atoms with Gasteiger partial charge in [0.25, 0.3) is 5.91 Å². The Hall–Kier alpha value is -1.88. The van der Waals surface area contributed by atoms with Gasteiger partial charge in [0.2, 0.25) is 5.91 Å². The molecule has 1 heterocycles. The summed E-state index contributed by atoms with van der Waals surface area (Å²) in [4.78, 5) is 27.6. The Kier molecular flexibility index (Phi) is 4.90. The third-order valence-corrected chi connectivity index (χ3v) is 4.87. The zero-order valence-electron chi connectivity index (χ0n) is 14.5. The minimum Gasteiger partial charge on any atom is -0.353 e. The van der Waals surface area contributed by atoms with E-state index in [1.807, 2.05) is 32.0 Å². The van der Waals surface area contributed by atoms with Crippen LogP contribution >= 0.6 is 0 Å². The van der Waals surface area contributed by atoms with Crippen molar-refractivity contribution in [3.63, 3.8) is 0 Å². The number of benzene rings is 1. The fraction of sp³-hybridized carbons (Fsp3) is 0.579. The second kappa shape index (κ2) is 6.93. The molecule has 24 heavy (non-hydrogen) atoms. The Morgan fingerprint density at radius 3 is 2.46 bits per heavy atom. The predicted octanol–water partition coefficient (Wildman–Crippen LogP) is 2.71. The zero-order valence-corrected chi connectivity index (χ0v) is 14.5. The third kappa shape index (κ3) is 3.18. The van der Waals surface area contributed by atoms with Crippen LogP contribution in [0.4, 0.5) is 0 Å². The number of rotatable bonds is 3. The van der Waals surface area contributed by atoms with Gasteiger partial charge in [-0.15, -0.1) is 0 Å². The molecule has 1 saturated heterocycles. The first-order valence-electron chi connectivity index (χ1n) is 8.86. The number of nitrogens with one attached hydrogen (secondary N) is 1. The maximum atomic E-state index is 13.2. The third-order valence-electron chi connectivity index (χ3n) is 4.87. The van der Waals surface area contributed by atoms with Crippen LogP contribution in [0.15, 0.2) is 30.3 Å². The van der Waals surface area contributed by atoms with Crippen molar-refractivity contribution in [2.24, 2.45) is 0 Å². The van der Waals surface area contributed by atoms with Crippen LogP contribution in [0.2, 0.25) is 0 Å². The Morgan fingerprint density at radius 1 is 1.17 bits per heavy atom. The van der Waals surface area contributed by atoms with Crippen molar-refractivity contribution in [2.45, 2.75) is 63.8 Å². The average molecular weight is 330 g/mol. The summed E-state index contributed by atoms with van der Waals surface area (Å²) in [6.07, 6.45) is 4.81. The molecule has 2 amide bonds. The highest BCUT2D eigenvalue weighted by Gasteiger charge is 2.52. The van der Waals surface area contributed by atoms with Crippen molar-refractivity contribution in [1.82, 2.24) is 10.2 Å². The second-order valence-electron chi connectivity index (χ2n) is 7.04. The zero-order chi connectivity index (χ0) is 17.2. The fourth-order valence-corrected chi connectivity index (χ4v) is 3.77. The van der Waals surface area contributed by atoms with E-state index in [4.69, 9.17) is 4.74 Å². The molecule has 5 nitrogen and oxygen atoms in total. The molecule has 1 aliphatic heterocycles. The lowest BCUT2D eigenvalue weighted by Crippen LogP contribution is -2.57. The van der Waals surface area contributed by atoms with Crippen molar-refractivity contribution in [3.8, 4) is 0 Å². The van der Waals surface area contributed by atoms with Gasteiger partial charge in [-0.1, -0.05) is 24.6 Å². The standard InChI is InChI=1S/C19H26N2O3/c1-14(2)20-17(22)16-13-24-19(11-7-4-8-12-19)21(16)18(23)15-9-5-3-6-10-15/h3,5-6,9-10,14,16H,4,7-8,11-13H2,1-2H3,(H,20,22). The molecule has 1 aliphatic carbocycles. The Labute approximate surface area is 143 Å². The van der Waals surface area contributed by atoms with Gasteiger partial charge in [0.05, 0.1) is 6.61 Å². The summed E-state index contributed by atoms with van der Waals surface area (Å²) in [7, 11) is 0. The number of ether oxygens (including phenoxy) is 1. The Balaban J connectivity index is 1.92. The maximum absolute atomic E-state index is 13.2. The topological polar surface area (TPSA) is 58.6 Å². The molecule has 1 unspecified atom stereocenters. The lowest BCUT2D eigenvalue weighted by Gasteiger charge is -2.41. The molecule has 1 N–H and O–H groups in total. The van der Waals surface area contributed by atoms with E-state index >= 15 is 0 Å². The van der Waals surface area contributed by atoms with Crippen LogP contribution in [0, 0.1) is 0 Å². The van der Waals surface area contributed by atoms with Crippen LogP contribution in [0.3, 0.4) is 0 Å². The minimum atomic E-state index is -0.621. The molecule has 0 radical (unpaired) electrons. The van der Waals surface area contributed by atoms with Crippen LogP contribution in [-0.2, 0) is 9.53 Å². The van der Waals surface area contributed by atoms with Crippen molar-refractivity contribution in [3.05, 3.63) is 35.9 Å². The molecule has 1 aromatic rings. The van der Waals surface area contributed by atoms with Gasteiger partial charge in [0.1, 0.15) is 11.8 Å². The summed E-state index contributed by atoms with van der Waals surface area (Å²) in [6.45, 7) is 4.12. The summed E-state index contributed by atoms with van der Waals surface area (Å²) in [5, 5.41) is 2.93. The highest BCUT2D eigenvalue weighted by Crippen LogP contribution is 2.41. The number of hydrogen-bond donors (Lipinski definition) is 1. The van der Waals surface area contributed by atoms with E-state index in [9.17, 15) is 9.59 Å². The van der Waals surface area contributed by atoms with Crippen LogP contribution < -0.4 is 5.32 Å². The van der Waals surface area contributed by atoms with Gasteiger partial charge in [0.15, 0.2) is 0 Å². The van der Waals surface area contributed by atoms with Gasteiger partial charge in [-0.3, -0.25) is 14.5 Å². The van der Waals surface area contributed by atoms with Crippen LogP contribution in [0.25, 0.3) is 0 Å². The molecule has 2 aliphatic rings. The van der Waals surface area contributed by atoms with Crippen molar-refractivity contribution in [2.75, 3.05) is 6.61 Å². The minimum absolute atomic E-state index is 0.0362. The normalized spacial score (nSPS) is 22.8. The van der Waals surface area contributed by atoms with Crippen LogP contribution in [-0.4, -0.2) is 41.1 Å². The molecule has 130 valence electrons. The molecule has 1 aromatic carbocycles. The first-order valence-corrected chi connectivity index (χ1v) is 8.86. The van der Waals surface area contributed by atoms with E-state index in [0.717, 1.165) is 32.1 Å². The number of amides is 2. The molecule has 1 spiro atoms. The summed E-state index contributed by atoms with van der Waals surface area (Å²) in [5.74, 6) is -0.240. The number of nitrogens with zero attached hydrogens (tertiary/aromatic N) is 1. The van der Waals surface area contributed by atoms with Gasteiger partial charge in [-0.2, -0.15) is 0 Å². The van der Waals surface area contributed by atoms with Gasteiger partial charge < -0.3 is 10.1 Å². The number of carbonyl (C=O) groups is 2. The average Bonchev–Trinajstić information content (AvgIpc) is 2.94. The monoisotopic (exact) mass is 330 g/mol. The van der Waals surface area contributed by atoms with E-state index in [2.05, 4.69) is 5.32 Å². The van der Waals surface area contributed by atoms with E-state index in [-0.39, 0.29) is 24.5 Å². The lowest BCUT2D eigenvalue weighted by molar-refractivity contribution is -0.127. The van der Waals surface area contributed by atoms with Crippen LogP contribution in [0.1, 0.15) is 56.3 Å². The maximum Gasteiger partial charge on any atom is 0.256 e. The highest BCUT2D eigenvalue weighted by atomic mass is 16.5. The molecule has 1 atom stereocenters. The molecule has 5 heteroatoms. The quantitative estimate of drug-likeness (QED) is 0.927.